The van der Waals surface area contributed by atoms with E-state index in [9.17, 15) is 4.79 Å². The molecular formula is C21H25N5O4. The zero-order valence-electron chi connectivity index (χ0n) is 17.5. The number of ether oxygens (including phenoxy) is 3. The minimum absolute atomic E-state index is 0.313. The molecule has 0 unspecified atom stereocenters. The number of aromatic nitrogens is 4. The van der Waals surface area contributed by atoms with E-state index in [-0.39, 0.29) is 5.91 Å². The van der Waals surface area contributed by atoms with Crippen molar-refractivity contribution in [3.05, 3.63) is 47.8 Å². The smallest absolute Gasteiger partial charge is 0.259 e. The van der Waals surface area contributed by atoms with Gasteiger partial charge in [0.1, 0.15) is 11.5 Å². The number of hydrogen-bond donors (Lipinski definition) is 1. The molecule has 0 atom stereocenters. The molecule has 1 N–H and O–H groups in total. The highest BCUT2D eigenvalue weighted by molar-refractivity contribution is 6.05. The quantitative estimate of drug-likeness (QED) is 0.576. The predicted octanol–water partition coefficient (Wildman–Crippen LogP) is 3.42. The van der Waals surface area contributed by atoms with Gasteiger partial charge >= 0.3 is 0 Å². The Hall–Kier alpha value is -3.62. The molecular weight excluding hydrogens is 386 g/mol. The van der Waals surface area contributed by atoms with Crippen molar-refractivity contribution in [2.24, 2.45) is 0 Å². The Labute approximate surface area is 175 Å². The fourth-order valence-corrected chi connectivity index (χ4v) is 2.85. The first-order valence-corrected chi connectivity index (χ1v) is 9.79. The monoisotopic (exact) mass is 411 g/mol. The van der Waals surface area contributed by atoms with Crippen LogP contribution in [0.1, 0.15) is 36.8 Å². The minimum atomic E-state index is -0.313. The number of nitrogens with zero attached hydrogens (tertiary/aromatic N) is 4. The third kappa shape index (κ3) is 4.68. The lowest BCUT2D eigenvalue weighted by molar-refractivity contribution is 0.102. The van der Waals surface area contributed by atoms with Gasteiger partial charge in [-0.1, -0.05) is 0 Å². The van der Waals surface area contributed by atoms with E-state index in [1.807, 2.05) is 20.8 Å². The summed E-state index contributed by atoms with van der Waals surface area (Å²) in [4.78, 5) is 12.9. The van der Waals surface area contributed by atoms with Gasteiger partial charge in [0.2, 0.25) is 5.88 Å². The molecule has 3 aromatic rings. The lowest BCUT2D eigenvalue weighted by Gasteiger charge is -2.13. The van der Waals surface area contributed by atoms with Crippen LogP contribution >= 0.6 is 0 Å². The van der Waals surface area contributed by atoms with E-state index in [2.05, 4.69) is 20.6 Å². The maximum Gasteiger partial charge on any atom is 0.259 e. The van der Waals surface area contributed by atoms with Crippen molar-refractivity contribution in [3.63, 3.8) is 0 Å². The summed E-state index contributed by atoms with van der Waals surface area (Å²) in [7, 11) is 0. The fourth-order valence-electron chi connectivity index (χ4n) is 2.85. The summed E-state index contributed by atoms with van der Waals surface area (Å²) in [6.07, 6.45) is 1.50. The van der Waals surface area contributed by atoms with Crippen molar-refractivity contribution < 1.29 is 19.0 Å². The highest BCUT2D eigenvalue weighted by Crippen LogP contribution is 2.30. The summed E-state index contributed by atoms with van der Waals surface area (Å²) < 4.78 is 18.0. The molecule has 0 saturated heterocycles. The lowest BCUT2D eigenvalue weighted by Crippen LogP contribution is -2.14. The van der Waals surface area contributed by atoms with E-state index in [4.69, 9.17) is 14.2 Å². The Morgan fingerprint density at radius 3 is 2.43 bits per heavy atom. The molecule has 0 aliphatic heterocycles. The molecule has 9 nitrogen and oxygen atoms in total. The Bertz CT molecular complexity index is 1000. The largest absolute Gasteiger partial charge is 0.494 e. The number of amides is 1. The predicted molar refractivity (Wildman–Crippen MR) is 112 cm³/mol. The van der Waals surface area contributed by atoms with Crippen molar-refractivity contribution in [2.75, 3.05) is 25.1 Å². The summed E-state index contributed by atoms with van der Waals surface area (Å²) in [5.74, 6) is 1.82. The average molecular weight is 411 g/mol. The Morgan fingerprint density at radius 1 is 1.00 bits per heavy atom. The van der Waals surface area contributed by atoms with Crippen LogP contribution < -0.4 is 19.5 Å². The summed E-state index contributed by atoms with van der Waals surface area (Å²) in [5, 5.41) is 15.3. The zero-order valence-corrected chi connectivity index (χ0v) is 17.5. The molecule has 1 amide bonds. The maximum absolute atomic E-state index is 12.9. The van der Waals surface area contributed by atoms with Crippen molar-refractivity contribution >= 4 is 11.6 Å². The first kappa shape index (κ1) is 21.1. The standard InChI is InChI=1S/C21H25N5O4/c1-5-28-15-8-9-18(29-6-2)17(12-15)23-21(27)16-13-22-26(14(16)4)19-10-11-20(25-24-19)30-7-3/h8-13H,5-7H2,1-4H3,(H,23,27). The van der Waals surface area contributed by atoms with Crippen LogP contribution in [0.2, 0.25) is 0 Å². The zero-order chi connectivity index (χ0) is 21.5. The lowest BCUT2D eigenvalue weighted by atomic mass is 10.2. The van der Waals surface area contributed by atoms with E-state index >= 15 is 0 Å². The Balaban J connectivity index is 1.84. The van der Waals surface area contributed by atoms with Crippen LogP contribution in [-0.2, 0) is 0 Å². The van der Waals surface area contributed by atoms with E-state index < -0.39 is 0 Å². The second kappa shape index (κ2) is 9.73. The molecule has 0 saturated carbocycles. The molecule has 0 fully saturated rings. The first-order valence-electron chi connectivity index (χ1n) is 9.79. The number of hydrogen-bond acceptors (Lipinski definition) is 7. The van der Waals surface area contributed by atoms with E-state index in [0.29, 0.717) is 60.0 Å². The molecule has 0 spiro atoms. The average Bonchev–Trinajstić information content (AvgIpc) is 3.12. The number of carbonyl (C=O) groups excluding carboxylic acids is 1. The maximum atomic E-state index is 12.9. The van der Waals surface area contributed by atoms with Gasteiger partial charge in [0.15, 0.2) is 5.82 Å². The van der Waals surface area contributed by atoms with Crippen LogP contribution in [0.3, 0.4) is 0 Å². The van der Waals surface area contributed by atoms with Crippen LogP contribution in [0.4, 0.5) is 5.69 Å². The van der Waals surface area contributed by atoms with E-state index in [1.165, 1.54) is 6.20 Å². The van der Waals surface area contributed by atoms with Crippen LogP contribution in [0.5, 0.6) is 17.4 Å². The van der Waals surface area contributed by atoms with Crippen molar-refractivity contribution in [3.8, 4) is 23.2 Å². The van der Waals surface area contributed by atoms with Gasteiger partial charge in [0.25, 0.3) is 5.91 Å². The molecule has 0 aliphatic carbocycles. The molecule has 158 valence electrons. The molecule has 2 heterocycles. The molecule has 0 aliphatic rings. The van der Waals surface area contributed by atoms with Gasteiger partial charge in [-0.05, 0) is 45.9 Å². The highest BCUT2D eigenvalue weighted by Gasteiger charge is 2.18. The van der Waals surface area contributed by atoms with Crippen LogP contribution in [-0.4, -0.2) is 45.7 Å². The second-order valence-electron chi connectivity index (χ2n) is 6.20. The number of nitrogens with one attached hydrogen (secondary N) is 1. The van der Waals surface area contributed by atoms with Crippen LogP contribution in [0.15, 0.2) is 36.5 Å². The number of carbonyl (C=O) groups is 1. The summed E-state index contributed by atoms with van der Waals surface area (Å²) in [6, 6.07) is 8.76. The Kier molecular flexibility index (Phi) is 6.84. The van der Waals surface area contributed by atoms with Gasteiger partial charge in [0.05, 0.1) is 43.0 Å². The number of benzene rings is 1. The minimum Gasteiger partial charge on any atom is -0.494 e. The Morgan fingerprint density at radius 2 is 1.77 bits per heavy atom. The summed E-state index contributed by atoms with van der Waals surface area (Å²) >= 11 is 0. The fraction of sp³-hybridized carbons (Fsp3) is 0.333. The van der Waals surface area contributed by atoms with Gasteiger partial charge < -0.3 is 19.5 Å². The van der Waals surface area contributed by atoms with Crippen molar-refractivity contribution in [2.45, 2.75) is 27.7 Å². The van der Waals surface area contributed by atoms with Crippen LogP contribution in [0, 0.1) is 6.92 Å². The topological polar surface area (TPSA) is 100 Å². The molecule has 30 heavy (non-hydrogen) atoms. The molecule has 2 aromatic heterocycles. The SMILES string of the molecule is CCOc1ccc(OCC)c(NC(=O)c2cnn(-c3ccc(OCC)nn3)c2C)c1. The molecule has 1 aromatic carbocycles. The normalized spacial score (nSPS) is 10.5. The molecule has 3 rings (SSSR count). The van der Waals surface area contributed by atoms with Gasteiger partial charge in [0, 0.05) is 12.1 Å². The third-order valence-corrected chi connectivity index (χ3v) is 4.20. The third-order valence-electron chi connectivity index (χ3n) is 4.20. The molecule has 0 bridgehead atoms. The molecule has 9 heteroatoms. The van der Waals surface area contributed by atoms with Gasteiger partial charge in [-0.15, -0.1) is 10.2 Å². The van der Waals surface area contributed by atoms with Gasteiger partial charge in [-0.2, -0.15) is 5.10 Å². The first-order chi connectivity index (χ1) is 14.6. The molecule has 0 radical (unpaired) electrons. The van der Waals surface area contributed by atoms with Gasteiger partial charge in [-0.25, -0.2) is 4.68 Å². The van der Waals surface area contributed by atoms with Crippen molar-refractivity contribution in [1.29, 1.82) is 0 Å². The number of rotatable bonds is 9. The van der Waals surface area contributed by atoms with E-state index in [1.54, 1.807) is 41.9 Å². The highest BCUT2D eigenvalue weighted by atomic mass is 16.5. The van der Waals surface area contributed by atoms with E-state index in [0.717, 1.165) is 0 Å². The van der Waals surface area contributed by atoms with Crippen LogP contribution in [0.25, 0.3) is 5.82 Å². The van der Waals surface area contributed by atoms with Crippen molar-refractivity contribution in [1.82, 2.24) is 20.0 Å². The summed E-state index contributed by atoms with van der Waals surface area (Å²) in [5.41, 5.74) is 1.57. The summed E-state index contributed by atoms with van der Waals surface area (Å²) in [6.45, 7) is 8.96. The second-order valence-corrected chi connectivity index (χ2v) is 6.20. The van der Waals surface area contributed by atoms with Gasteiger partial charge in [-0.3, -0.25) is 4.79 Å². The number of anilines is 1.